The summed E-state index contributed by atoms with van der Waals surface area (Å²) in [6, 6.07) is 7.89. The van der Waals surface area contributed by atoms with Gasteiger partial charge in [-0.1, -0.05) is 38.1 Å². The van der Waals surface area contributed by atoms with Crippen LogP contribution in [0.5, 0.6) is 0 Å². The smallest absolute Gasteiger partial charge is 0.303 e. The minimum Gasteiger partial charge on any atom is -0.481 e. The number of likely N-dealkylation sites (N-methyl/N-ethyl adjacent to an activating group) is 1. The van der Waals surface area contributed by atoms with E-state index in [4.69, 9.17) is 9.84 Å². The highest BCUT2D eigenvalue weighted by Crippen LogP contribution is 2.12. The molecule has 0 saturated heterocycles. The van der Waals surface area contributed by atoms with Crippen LogP contribution in [0.3, 0.4) is 0 Å². The predicted molar refractivity (Wildman–Crippen MR) is 79.8 cm³/mol. The highest BCUT2D eigenvalue weighted by Gasteiger charge is 2.05. The van der Waals surface area contributed by atoms with Crippen molar-refractivity contribution in [3.8, 4) is 0 Å². The molecule has 0 aromatic heterocycles. The number of hydrogen-bond donors (Lipinski definition) is 1. The third-order valence-electron chi connectivity index (χ3n) is 3.43. The molecular formula is C16H25NO3. The van der Waals surface area contributed by atoms with Crippen LogP contribution in [0.1, 0.15) is 31.4 Å². The summed E-state index contributed by atoms with van der Waals surface area (Å²) in [6.07, 6.45) is 0.724. The van der Waals surface area contributed by atoms with E-state index in [0.717, 1.165) is 30.8 Å². The molecule has 20 heavy (non-hydrogen) atoms. The van der Waals surface area contributed by atoms with Crippen LogP contribution in [0.15, 0.2) is 24.3 Å². The van der Waals surface area contributed by atoms with E-state index in [1.807, 2.05) is 24.3 Å². The van der Waals surface area contributed by atoms with E-state index in [1.54, 1.807) is 0 Å². The van der Waals surface area contributed by atoms with Crippen LogP contribution in [0.4, 0.5) is 0 Å². The average Bonchev–Trinajstić information content (AvgIpc) is 2.46. The van der Waals surface area contributed by atoms with Gasteiger partial charge in [0.1, 0.15) is 0 Å². The molecule has 0 amide bonds. The predicted octanol–water partition coefficient (Wildman–Crippen LogP) is 2.56. The van der Waals surface area contributed by atoms with E-state index in [9.17, 15) is 4.79 Å². The van der Waals surface area contributed by atoms with E-state index >= 15 is 0 Å². The summed E-state index contributed by atoms with van der Waals surface area (Å²) in [4.78, 5) is 13.0. The summed E-state index contributed by atoms with van der Waals surface area (Å²) in [6.45, 7) is 8.55. The van der Waals surface area contributed by atoms with Crippen LogP contribution in [-0.4, -0.2) is 42.2 Å². The van der Waals surface area contributed by atoms with E-state index < -0.39 is 5.97 Å². The summed E-state index contributed by atoms with van der Waals surface area (Å²) in [7, 11) is 0. The summed E-state index contributed by atoms with van der Waals surface area (Å²) in [5.74, 6) is -0.762. The second-order valence-electron chi connectivity index (χ2n) is 4.74. The monoisotopic (exact) mass is 279 g/mol. The Morgan fingerprint density at radius 3 is 2.45 bits per heavy atom. The molecule has 0 fully saturated rings. The minimum absolute atomic E-state index is 0.163. The van der Waals surface area contributed by atoms with E-state index in [0.29, 0.717) is 19.6 Å². The van der Waals surface area contributed by atoms with Crippen molar-refractivity contribution in [2.75, 3.05) is 26.2 Å². The normalized spacial score (nSPS) is 10.9. The molecule has 0 aliphatic heterocycles. The highest BCUT2D eigenvalue weighted by atomic mass is 16.5. The number of carboxylic acid groups (broad SMARTS) is 1. The van der Waals surface area contributed by atoms with Crippen molar-refractivity contribution in [2.45, 2.75) is 33.3 Å². The number of aryl methyl sites for hydroxylation is 1. The Morgan fingerprint density at radius 2 is 1.85 bits per heavy atom. The van der Waals surface area contributed by atoms with Crippen molar-refractivity contribution in [2.24, 2.45) is 0 Å². The summed E-state index contributed by atoms with van der Waals surface area (Å²) in [5, 5.41) is 8.76. The van der Waals surface area contributed by atoms with Crippen molar-refractivity contribution in [1.82, 2.24) is 4.90 Å². The fourth-order valence-electron chi connectivity index (χ4n) is 2.10. The van der Waals surface area contributed by atoms with Gasteiger partial charge >= 0.3 is 5.97 Å². The SMILES string of the molecule is CCN(CC)CCOCc1ccccc1CCC(=O)O. The third kappa shape index (κ3) is 6.17. The van der Waals surface area contributed by atoms with Gasteiger partial charge in [-0.15, -0.1) is 0 Å². The van der Waals surface area contributed by atoms with Crippen LogP contribution in [0.2, 0.25) is 0 Å². The molecule has 0 aliphatic rings. The molecule has 0 unspecified atom stereocenters. The molecule has 4 nitrogen and oxygen atoms in total. The van der Waals surface area contributed by atoms with E-state index in [1.165, 1.54) is 0 Å². The molecule has 1 aromatic carbocycles. The zero-order chi connectivity index (χ0) is 14.8. The molecular weight excluding hydrogens is 254 g/mol. The van der Waals surface area contributed by atoms with Gasteiger partial charge in [0.2, 0.25) is 0 Å². The van der Waals surface area contributed by atoms with Gasteiger partial charge in [-0.25, -0.2) is 0 Å². The first kappa shape index (κ1) is 16.7. The van der Waals surface area contributed by atoms with Gasteiger partial charge < -0.3 is 14.7 Å². The Bertz CT molecular complexity index is 402. The van der Waals surface area contributed by atoms with Gasteiger partial charge in [0, 0.05) is 13.0 Å². The quantitative estimate of drug-likeness (QED) is 0.669. The van der Waals surface area contributed by atoms with Crippen molar-refractivity contribution in [3.63, 3.8) is 0 Å². The topological polar surface area (TPSA) is 49.8 Å². The Balaban J connectivity index is 2.41. The zero-order valence-electron chi connectivity index (χ0n) is 12.5. The molecule has 0 saturated carbocycles. The van der Waals surface area contributed by atoms with Crippen LogP contribution < -0.4 is 0 Å². The third-order valence-corrected chi connectivity index (χ3v) is 3.43. The summed E-state index contributed by atoms with van der Waals surface area (Å²) in [5.41, 5.74) is 2.16. The maximum atomic E-state index is 10.6. The lowest BCUT2D eigenvalue weighted by Crippen LogP contribution is -2.27. The maximum absolute atomic E-state index is 10.6. The maximum Gasteiger partial charge on any atom is 0.303 e. The molecule has 4 heteroatoms. The number of carbonyl (C=O) groups is 1. The van der Waals surface area contributed by atoms with Crippen molar-refractivity contribution < 1.29 is 14.6 Å². The van der Waals surface area contributed by atoms with Gasteiger partial charge in [0.05, 0.1) is 13.2 Å². The number of benzene rings is 1. The molecule has 112 valence electrons. The van der Waals surface area contributed by atoms with E-state index in [-0.39, 0.29) is 6.42 Å². The van der Waals surface area contributed by atoms with Gasteiger partial charge in [-0.05, 0) is 30.6 Å². The van der Waals surface area contributed by atoms with Gasteiger partial charge in [-0.3, -0.25) is 4.79 Å². The fourth-order valence-corrected chi connectivity index (χ4v) is 2.10. The van der Waals surface area contributed by atoms with Gasteiger partial charge in [0.25, 0.3) is 0 Å². The van der Waals surface area contributed by atoms with Crippen molar-refractivity contribution in [1.29, 1.82) is 0 Å². The van der Waals surface area contributed by atoms with Crippen molar-refractivity contribution in [3.05, 3.63) is 35.4 Å². The molecule has 1 aromatic rings. The van der Waals surface area contributed by atoms with Crippen molar-refractivity contribution >= 4 is 5.97 Å². The van der Waals surface area contributed by atoms with Crippen LogP contribution in [0.25, 0.3) is 0 Å². The molecule has 1 N–H and O–H groups in total. The first-order valence-electron chi connectivity index (χ1n) is 7.26. The van der Waals surface area contributed by atoms with Gasteiger partial charge in [-0.2, -0.15) is 0 Å². The molecule has 0 spiro atoms. The number of carboxylic acids is 1. The molecule has 0 aliphatic carbocycles. The number of hydrogen-bond acceptors (Lipinski definition) is 3. The lowest BCUT2D eigenvalue weighted by atomic mass is 10.0. The van der Waals surface area contributed by atoms with E-state index in [2.05, 4.69) is 18.7 Å². The van der Waals surface area contributed by atoms with Crippen LogP contribution in [0, 0.1) is 0 Å². The number of nitrogens with zero attached hydrogens (tertiary/aromatic N) is 1. The highest BCUT2D eigenvalue weighted by molar-refractivity contribution is 5.67. The molecule has 0 bridgehead atoms. The first-order chi connectivity index (χ1) is 9.67. The summed E-state index contributed by atoms with van der Waals surface area (Å²) >= 11 is 0. The Morgan fingerprint density at radius 1 is 1.20 bits per heavy atom. The van der Waals surface area contributed by atoms with Crippen LogP contribution >= 0.6 is 0 Å². The average molecular weight is 279 g/mol. The Kier molecular flexibility index (Phi) is 7.92. The molecule has 1 rings (SSSR count). The Labute approximate surface area is 121 Å². The second-order valence-corrected chi connectivity index (χ2v) is 4.74. The molecule has 0 radical (unpaired) electrons. The van der Waals surface area contributed by atoms with Crippen LogP contribution in [-0.2, 0) is 22.6 Å². The number of ether oxygens (including phenoxy) is 1. The molecule has 0 heterocycles. The second kappa shape index (κ2) is 9.50. The lowest BCUT2D eigenvalue weighted by Gasteiger charge is -2.18. The Hall–Kier alpha value is -1.39. The lowest BCUT2D eigenvalue weighted by molar-refractivity contribution is -0.136. The number of rotatable bonds is 10. The molecule has 0 atom stereocenters. The first-order valence-corrected chi connectivity index (χ1v) is 7.26. The number of aliphatic carboxylic acids is 1. The largest absolute Gasteiger partial charge is 0.481 e. The zero-order valence-corrected chi connectivity index (χ0v) is 12.5. The fraction of sp³-hybridized carbons (Fsp3) is 0.562. The van der Waals surface area contributed by atoms with Gasteiger partial charge in [0.15, 0.2) is 0 Å². The minimum atomic E-state index is -0.762. The summed E-state index contributed by atoms with van der Waals surface area (Å²) < 4.78 is 5.71. The standard InChI is InChI=1S/C16H25NO3/c1-3-17(4-2)11-12-20-13-15-8-6-5-7-14(15)9-10-16(18)19/h5-8H,3-4,9-13H2,1-2H3,(H,18,19).